The van der Waals surface area contributed by atoms with E-state index in [2.05, 4.69) is 9.47 Å². The van der Waals surface area contributed by atoms with Crippen molar-refractivity contribution in [3.63, 3.8) is 0 Å². The van der Waals surface area contributed by atoms with E-state index in [0.717, 1.165) is 12.8 Å². The maximum absolute atomic E-state index is 11.3. The molecule has 0 aromatic rings. The van der Waals surface area contributed by atoms with Crippen LogP contribution in [-0.2, 0) is 51.8 Å². The Balaban J connectivity index is 0.00000196. The minimum Gasteiger partial charge on any atom is -0.471 e. The van der Waals surface area contributed by atoms with Crippen molar-refractivity contribution >= 4 is 11.9 Å². The van der Waals surface area contributed by atoms with Crippen LogP contribution in [0.4, 0.5) is 0 Å². The SMILES string of the molecule is COC(=O)C1[CH-]CC[CH-]C1C(=O)OC.[Y]. The monoisotopic (exact) mass is 287 g/mol. The average Bonchev–Trinajstić information content (AvgIpc) is 2.27. The third-order valence-corrected chi connectivity index (χ3v) is 2.34. The molecule has 1 aliphatic rings. The number of methoxy groups -OCH3 is 2. The van der Waals surface area contributed by atoms with Crippen LogP contribution in [0.1, 0.15) is 12.8 Å². The fourth-order valence-corrected chi connectivity index (χ4v) is 1.60. The van der Waals surface area contributed by atoms with Gasteiger partial charge in [-0.15, -0.1) is 0 Å². The summed E-state index contributed by atoms with van der Waals surface area (Å²) in [6, 6.07) is 0. The van der Waals surface area contributed by atoms with E-state index >= 15 is 0 Å². The fraction of sp³-hybridized carbons (Fsp3) is 0.600. The summed E-state index contributed by atoms with van der Waals surface area (Å²) in [6.07, 6.45) is 5.22. The number of hydrogen-bond donors (Lipinski definition) is 0. The number of carbonyl (C=O) groups excluding carboxylic acids is 2. The molecule has 0 aromatic heterocycles. The van der Waals surface area contributed by atoms with Gasteiger partial charge in [-0.3, -0.25) is 9.59 Å². The molecule has 0 amide bonds. The summed E-state index contributed by atoms with van der Waals surface area (Å²) in [5, 5.41) is 0. The predicted octanol–water partition coefficient (Wildman–Crippen LogP) is 0.765. The molecule has 1 aliphatic carbocycles. The van der Waals surface area contributed by atoms with Crippen LogP contribution < -0.4 is 0 Å². The van der Waals surface area contributed by atoms with Crippen LogP contribution in [0.15, 0.2) is 0 Å². The van der Waals surface area contributed by atoms with E-state index in [1.807, 2.05) is 12.8 Å². The Labute approximate surface area is 115 Å². The summed E-state index contributed by atoms with van der Waals surface area (Å²) in [5.41, 5.74) is 0. The molecule has 2 atom stereocenters. The molecule has 0 N–H and O–H groups in total. The van der Waals surface area contributed by atoms with E-state index in [1.165, 1.54) is 14.2 Å². The Morgan fingerprint density at radius 3 is 1.60 bits per heavy atom. The number of ether oxygens (including phenoxy) is 2. The molecule has 0 aliphatic heterocycles. The smallest absolute Gasteiger partial charge is 0.276 e. The van der Waals surface area contributed by atoms with Gasteiger partial charge in [0.05, 0.1) is 14.2 Å². The molecule has 5 heteroatoms. The summed E-state index contributed by atoms with van der Waals surface area (Å²) >= 11 is 0. The Hall–Kier alpha value is 0.0439. The van der Waals surface area contributed by atoms with Gasteiger partial charge in [0.15, 0.2) is 0 Å². The number of esters is 2. The Morgan fingerprint density at radius 2 is 1.33 bits per heavy atom. The summed E-state index contributed by atoms with van der Waals surface area (Å²) in [4.78, 5) is 22.6. The first-order valence-corrected chi connectivity index (χ1v) is 4.53. The van der Waals surface area contributed by atoms with E-state index in [-0.39, 0.29) is 44.6 Å². The van der Waals surface area contributed by atoms with Crippen LogP contribution in [-0.4, -0.2) is 26.2 Å². The van der Waals surface area contributed by atoms with Crippen molar-refractivity contribution in [2.45, 2.75) is 12.8 Å². The third-order valence-electron chi connectivity index (χ3n) is 2.34. The second-order valence-corrected chi connectivity index (χ2v) is 3.15. The van der Waals surface area contributed by atoms with Crippen LogP contribution in [0.25, 0.3) is 0 Å². The van der Waals surface area contributed by atoms with Crippen LogP contribution >= 0.6 is 0 Å². The number of rotatable bonds is 2. The van der Waals surface area contributed by atoms with Crippen molar-refractivity contribution in [2.75, 3.05) is 14.2 Å². The first-order chi connectivity index (χ1) is 6.70. The third kappa shape index (κ3) is 3.84. The molecule has 0 heterocycles. The molecule has 15 heavy (non-hydrogen) atoms. The molecule has 0 spiro atoms. The molecule has 1 radical (unpaired) electrons. The minimum absolute atomic E-state index is 0. The van der Waals surface area contributed by atoms with Gasteiger partial charge in [-0.25, -0.2) is 12.8 Å². The molecule has 4 nitrogen and oxygen atoms in total. The minimum atomic E-state index is -0.485. The zero-order valence-corrected chi connectivity index (χ0v) is 11.8. The van der Waals surface area contributed by atoms with Gasteiger partial charge in [0.25, 0.3) is 11.9 Å². The maximum atomic E-state index is 11.3. The predicted molar refractivity (Wildman–Crippen MR) is 48.8 cm³/mol. The summed E-state index contributed by atoms with van der Waals surface area (Å²) in [5.74, 6) is -1.73. The van der Waals surface area contributed by atoms with E-state index < -0.39 is 11.8 Å². The van der Waals surface area contributed by atoms with Crippen molar-refractivity contribution in [1.82, 2.24) is 0 Å². The molecule has 0 bridgehead atoms. The van der Waals surface area contributed by atoms with Crippen molar-refractivity contribution in [3.05, 3.63) is 12.8 Å². The number of carbonyl (C=O) groups is 2. The molecule has 0 saturated heterocycles. The van der Waals surface area contributed by atoms with E-state index in [9.17, 15) is 9.59 Å². The first-order valence-electron chi connectivity index (χ1n) is 4.53. The maximum Gasteiger partial charge on any atom is 0.276 e. The van der Waals surface area contributed by atoms with Gasteiger partial charge in [-0.1, -0.05) is 11.8 Å². The van der Waals surface area contributed by atoms with Gasteiger partial charge in [0, 0.05) is 32.7 Å². The fourth-order valence-electron chi connectivity index (χ4n) is 1.60. The van der Waals surface area contributed by atoms with Crippen LogP contribution in [0.3, 0.4) is 0 Å². The van der Waals surface area contributed by atoms with Gasteiger partial charge >= 0.3 is 0 Å². The first kappa shape index (κ1) is 15.0. The normalized spacial score (nSPS) is 24.9. The molecule has 1 rings (SSSR count). The molecule has 2 unspecified atom stereocenters. The Kier molecular flexibility index (Phi) is 7.36. The molecule has 1 saturated carbocycles. The summed E-state index contributed by atoms with van der Waals surface area (Å²) < 4.78 is 9.23. The van der Waals surface area contributed by atoms with E-state index in [4.69, 9.17) is 0 Å². The van der Waals surface area contributed by atoms with Crippen LogP contribution in [0.2, 0.25) is 0 Å². The van der Waals surface area contributed by atoms with Crippen LogP contribution in [0, 0.1) is 24.7 Å². The second kappa shape index (κ2) is 7.34. The summed E-state index contributed by atoms with van der Waals surface area (Å²) in [7, 11) is 2.64. The largest absolute Gasteiger partial charge is 0.471 e. The van der Waals surface area contributed by atoms with Gasteiger partial charge in [-0.2, -0.15) is 0 Å². The number of hydrogen-bond acceptors (Lipinski definition) is 4. The van der Waals surface area contributed by atoms with Gasteiger partial charge in [0.1, 0.15) is 0 Å². The quantitative estimate of drug-likeness (QED) is 0.556. The molecular weight excluding hydrogens is 273 g/mol. The summed E-state index contributed by atoms with van der Waals surface area (Å²) in [6.45, 7) is 0. The van der Waals surface area contributed by atoms with Crippen molar-refractivity contribution < 1.29 is 51.8 Å². The van der Waals surface area contributed by atoms with Gasteiger partial charge in [0.2, 0.25) is 0 Å². The van der Waals surface area contributed by atoms with Gasteiger partial charge in [-0.05, 0) is 0 Å². The Morgan fingerprint density at radius 1 is 1.00 bits per heavy atom. The Bertz CT molecular complexity index is 205. The van der Waals surface area contributed by atoms with Gasteiger partial charge < -0.3 is 22.3 Å². The molecule has 1 fully saturated rings. The zero-order chi connectivity index (χ0) is 10.6. The van der Waals surface area contributed by atoms with Crippen molar-refractivity contribution in [1.29, 1.82) is 0 Å². The van der Waals surface area contributed by atoms with Crippen molar-refractivity contribution in [3.8, 4) is 0 Å². The zero-order valence-electron chi connectivity index (χ0n) is 8.93. The van der Waals surface area contributed by atoms with Crippen molar-refractivity contribution in [2.24, 2.45) is 11.8 Å². The molecule has 83 valence electrons. The average molecular weight is 287 g/mol. The van der Waals surface area contributed by atoms with E-state index in [0.29, 0.717) is 0 Å². The topological polar surface area (TPSA) is 52.6 Å². The van der Waals surface area contributed by atoms with Crippen LogP contribution in [0.5, 0.6) is 0 Å². The standard InChI is InChI=1S/C10H14O4.Y/c1-13-9(11)7-5-3-4-6-8(7)10(12)14-2;/h5-8H,3-4H2,1-2H3;/q-2;. The molecule has 0 aromatic carbocycles. The molecular formula is C10H14O4Y-2. The second-order valence-electron chi connectivity index (χ2n) is 3.15. The van der Waals surface area contributed by atoms with E-state index in [1.54, 1.807) is 0 Å².